The Balaban J connectivity index is 2.16. The first-order valence-electron chi connectivity index (χ1n) is 8.69. The summed E-state index contributed by atoms with van der Waals surface area (Å²) in [4.78, 5) is 14.6. The first-order valence-corrected chi connectivity index (χ1v) is 8.69. The summed E-state index contributed by atoms with van der Waals surface area (Å²) < 4.78 is 13.6. The lowest BCUT2D eigenvalue weighted by Gasteiger charge is -2.35. The highest BCUT2D eigenvalue weighted by atomic mass is 19.1. The molecular formula is C19H29FN2O2. The molecule has 3 unspecified atom stereocenters. The number of urea groups is 1. The highest BCUT2D eigenvalue weighted by molar-refractivity contribution is 5.75. The topological polar surface area (TPSA) is 52.6 Å². The van der Waals surface area contributed by atoms with Crippen LogP contribution in [-0.4, -0.2) is 34.7 Å². The van der Waals surface area contributed by atoms with Crippen LogP contribution in [0.5, 0.6) is 0 Å². The summed E-state index contributed by atoms with van der Waals surface area (Å²) in [6.45, 7) is 8.53. The first-order chi connectivity index (χ1) is 11.2. The maximum absolute atomic E-state index is 13.6. The third kappa shape index (κ3) is 4.69. The number of halogens is 1. The quantitative estimate of drug-likeness (QED) is 0.877. The van der Waals surface area contributed by atoms with Gasteiger partial charge in [0.15, 0.2) is 0 Å². The van der Waals surface area contributed by atoms with Crippen LogP contribution in [0.2, 0.25) is 0 Å². The Morgan fingerprint density at radius 3 is 2.75 bits per heavy atom. The average molecular weight is 336 g/mol. The fourth-order valence-electron chi connectivity index (χ4n) is 3.43. The van der Waals surface area contributed by atoms with Crippen LogP contribution >= 0.6 is 0 Å². The van der Waals surface area contributed by atoms with E-state index in [1.807, 2.05) is 31.7 Å². The molecule has 1 aliphatic heterocycles. The lowest BCUT2D eigenvalue weighted by atomic mass is 9.82. The average Bonchev–Trinajstić information content (AvgIpc) is 2.90. The van der Waals surface area contributed by atoms with Gasteiger partial charge < -0.3 is 15.3 Å². The van der Waals surface area contributed by atoms with Gasteiger partial charge in [0.05, 0.1) is 12.1 Å². The van der Waals surface area contributed by atoms with E-state index in [9.17, 15) is 14.3 Å². The molecule has 1 aromatic rings. The molecule has 0 bridgehead atoms. The summed E-state index contributed by atoms with van der Waals surface area (Å²) in [5.74, 6) is -0.302. The van der Waals surface area contributed by atoms with Crippen LogP contribution in [0.15, 0.2) is 24.3 Å². The number of carbonyl (C=O) groups is 1. The van der Waals surface area contributed by atoms with E-state index in [0.29, 0.717) is 13.0 Å². The molecule has 5 heteroatoms. The minimum atomic E-state index is -0.426. The minimum Gasteiger partial charge on any atom is -0.393 e. The minimum absolute atomic E-state index is 0.0677. The third-order valence-electron chi connectivity index (χ3n) is 4.57. The number of carbonyl (C=O) groups excluding carboxylic acids is 1. The number of aliphatic hydroxyl groups excluding tert-OH is 1. The number of amides is 2. The number of benzene rings is 1. The van der Waals surface area contributed by atoms with Gasteiger partial charge in [-0.15, -0.1) is 0 Å². The van der Waals surface area contributed by atoms with Crippen LogP contribution in [0.1, 0.15) is 58.6 Å². The zero-order valence-corrected chi connectivity index (χ0v) is 15.1. The van der Waals surface area contributed by atoms with Crippen LogP contribution < -0.4 is 5.32 Å². The lowest BCUT2D eigenvalue weighted by molar-refractivity contribution is 0.133. The van der Waals surface area contributed by atoms with Gasteiger partial charge in [0.1, 0.15) is 5.82 Å². The summed E-state index contributed by atoms with van der Waals surface area (Å²) in [5.41, 5.74) is 0.519. The number of likely N-dealkylation sites (tertiary alicyclic amines) is 1. The number of aliphatic hydroxyl groups is 1. The molecule has 1 aliphatic rings. The van der Waals surface area contributed by atoms with Crippen molar-refractivity contribution >= 4 is 6.03 Å². The molecule has 0 saturated carbocycles. The number of rotatable bonds is 4. The maximum atomic E-state index is 13.6. The van der Waals surface area contributed by atoms with Crippen LogP contribution in [0.25, 0.3) is 0 Å². The van der Waals surface area contributed by atoms with Crippen molar-refractivity contribution in [3.8, 4) is 0 Å². The molecule has 1 aromatic carbocycles. The monoisotopic (exact) mass is 336 g/mol. The van der Waals surface area contributed by atoms with E-state index in [1.165, 1.54) is 12.1 Å². The van der Waals surface area contributed by atoms with Crippen molar-refractivity contribution in [3.05, 3.63) is 35.6 Å². The van der Waals surface area contributed by atoms with Crippen molar-refractivity contribution in [2.45, 2.75) is 65.1 Å². The van der Waals surface area contributed by atoms with Gasteiger partial charge in [-0.05, 0) is 49.3 Å². The van der Waals surface area contributed by atoms with E-state index in [2.05, 4.69) is 5.32 Å². The normalized spacial score (nSPS) is 20.8. The number of nitrogens with zero attached hydrogens (tertiary/aromatic N) is 1. The summed E-state index contributed by atoms with van der Waals surface area (Å²) in [7, 11) is 0. The van der Waals surface area contributed by atoms with Crippen molar-refractivity contribution in [2.24, 2.45) is 5.41 Å². The fourth-order valence-corrected chi connectivity index (χ4v) is 3.43. The molecule has 1 saturated heterocycles. The Kier molecular flexibility index (Phi) is 5.86. The fraction of sp³-hybridized carbons (Fsp3) is 0.632. The van der Waals surface area contributed by atoms with Crippen LogP contribution in [0, 0.1) is 11.2 Å². The molecule has 134 valence electrons. The van der Waals surface area contributed by atoms with Gasteiger partial charge in [0.2, 0.25) is 0 Å². The summed E-state index contributed by atoms with van der Waals surface area (Å²) in [6.07, 6.45) is 2.03. The van der Waals surface area contributed by atoms with Crippen molar-refractivity contribution < 1.29 is 14.3 Å². The second kappa shape index (κ2) is 7.51. The van der Waals surface area contributed by atoms with E-state index >= 15 is 0 Å². The Morgan fingerprint density at radius 2 is 2.17 bits per heavy atom. The predicted octanol–water partition coefficient (Wildman–Crippen LogP) is 3.86. The van der Waals surface area contributed by atoms with Gasteiger partial charge in [0, 0.05) is 12.6 Å². The van der Waals surface area contributed by atoms with E-state index in [4.69, 9.17) is 0 Å². The predicted molar refractivity (Wildman–Crippen MR) is 93.2 cm³/mol. The highest BCUT2D eigenvalue weighted by Crippen LogP contribution is 2.33. The molecule has 0 radical (unpaired) electrons. The second-order valence-corrected chi connectivity index (χ2v) is 7.88. The van der Waals surface area contributed by atoms with E-state index in [-0.39, 0.29) is 29.3 Å². The smallest absolute Gasteiger partial charge is 0.318 e. The molecule has 2 rings (SSSR count). The van der Waals surface area contributed by atoms with Crippen molar-refractivity contribution in [2.75, 3.05) is 6.54 Å². The zero-order chi connectivity index (χ0) is 17.9. The Hall–Kier alpha value is -1.62. The molecule has 2 N–H and O–H groups in total. The molecule has 24 heavy (non-hydrogen) atoms. The molecule has 4 nitrogen and oxygen atoms in total. The molecular weight excluding hydrogens is 307 g/mol. The summed E-state index contributed by atoms with van der Waals surface area (Å²) >= 11 is 0. The van der Waals surface area contributed by atoms with Gasteiger partial charge in [-0.2, -0.15) is 0 Å². The molecule has 3 atom stereocenters. The third-order valence-corrected chi connectivity index (χ3v) is 4.57. The maximum Gasteiger partial charge on any atom is 0.318 e. The molecule has 0 aliphatic carbocycles. The van der Waals surface area contributed by atoms with Crippen molar-refractivity contribution in [1.82, 2.24) is 10.2 Å². The highest BCUT2D eigenvalue weighted by Gasteiger charge is 2.34. The number of hydrogen-bond donors (Lipinski definition) is 2. The van der Waals surface area contributed by atoms with Gasteiger partial charge in [-0.3, -0.25) is 0 Å². The summed E-state index contributed by atoms with van der Waals surface area (Å²) in [6, 6.07) is 6.05. The lowest BCUT2D eigenvalue weighted by Crippen LogP contribution is -2.47. The Labute approximate surface area is 144 Å². The Bertz CT molecular complexity index is 569. The molecule has 0 aromatic heterocycles. The summed E-state index contributed by atoms with van der Waals surface area (Å²) in [5, 5.41) is 12.7. The van der Waals surface area contributed by atoms with Gasteiger partial charge in [-0.25, -0.2) is 9.18 Å². The van der Waals surface area contributed by atoms with Crippen LogP contribution in [-0.2, 0) is 0 Å². The molecule has 1 fully saturated rings. The van der Waals surface area contributed by atoms with E-state index in [0.717, 1.165) is 18.4 Å². The van der Waals surface area contributed by atoms with Crippen molar-refractivity contribution in [1.29, 1.82) is 0 Å². The van der Waals surface area contributed by atoms with Gasteiger partial charge in [-0.1, -0.05) is 32.9 Å². The van der Waals surface area contributed by atoms with E-state index < -0.39 is 6.10 Å². The SMILES string of the molecule is CC(O)CC1CCCN1C(=O)NC(c1cccc(F)c1)C(C)(C)C. The van der Waals surface area contributed by atoms with Crippen LogP contribution in [0.4, 0.5) is 9.18 Å². The largest absolute Gasteiger partial charge is 0.393 e. The standard InChI is InChI=1S/C19H29FN2O2/c1-13(23)11-16-9-6-10-22(16)18(24)21-17(19(2,3)4)14-7-5-8-15(20)12-14/h5,7-8,12-13,16-17,23H,6,9-11H2,1-4H3,(H,21,24). The van der Waals surface area contributed by atoms with E-state index in [1.54, 1.807) is 13.0 Å². The van der Waals surface area contributed by atoms with Gasteiger partial charge in [0.25, 0.3) is 0 Å². The zero-order valence-electron chi connectivity index (χ0n) is 15.1. The molecule has 1 heterocycles. The molecule has 2 amide bonds. The number of nitrogens with one attached hydrogen (secondary N) is 1. The molecule has 0 spiro atoms. The van der Waals surface area contributed by atoms with Crippen molar-refractivity contribution in [3.63, 3.8) is 0 Å². The second-order valence-electron chi connectivity index (χ2n) is 7.88. The first kappa shape index (κ1) is 18.7. The Morgan fingerprint density at radius 1 is 1.46 bits per heavy atom. The van der Waals surface area contributed by atoms with Gasteiger partial charge >= 0.3 is 6.03 Å². The number of hydrogen-bond acceptors (Lipinski definition) is 2. The van der Waals surface area contributed by atoms with Crippen LogP contribution in [0.3, 0.4) is 0 Å².